The molecule has 0 saturated carbocycles. The molecule has 1 aliphatic heterocycles. The van der Waals surface area contributed by atoms with Crippen molar-refractivity contribution in [2.24, 2.45) is 0 Å². The Hall–Kier alpha value is -3.35. The standard InChI is InChI=1S/C21H21N3O4/c1-13-6-4-5-7-16(13)20-22-21(28-23-20)14-10-19(25)24(12-14)15-8-9-17(26-2)18(11-15)27-3/h4-9,11,14H,10,12H2,1-3H3. The van der Waals surface area contributed by atoms with Crippen LogP contribution in [0, 0.1) is 6.92 Å². The van der Waals surface area contributed by atoms with Gasteiger partial charge in [0.05, 0.1) is 20.1 Å². The Labute approximate surface area is 162 Å². The smallest absolute Gasteiger partial charge is 0.232 e. The van der Waals surface area contributed by atoms with Crippen LogP contribution in [-0.4, -0.2) is 36.8 Å². The first kappa shape index (κ1) is 18.0. The third kappa shape index (κ3) is 3.19. The van der Waals surface area contributed by atoms with E-state index in [1.54, 1.807) is 31.3 Å². The van der Waals surface area contributed by atoms with Gasteiger partial charge in [-0.2, -0.15) is 4.98 Å². The zero-order chi connectivity index (χ0) is 19.7. The molecule has 0 N–H and O–H groups in total. The van der Waals surface area contributed by atoms with E-state index in [4.69, 9.17) is 14.0 Å². The van der Waals surface area contributed by atoms with Crippen molar-refractivity contribution in [3.63, 3.8) is 0 Å². The van der Waals surface area contributed by atoms with Gasteiger partial charge in [0.25, 0.3) is 0 Å². The second-order valence-corrected chi connectivity index (χ2v) is 6.72. The molecule has 1 saturated heterocycles. The van der Waals surface area contributed by atoms with Crippen molar-refractivity contribution in [3.8, 4) is 22.9 Å². The number of nitrogens with zero attached hydrogens (tertiary/aromatic N) is 3. The monoisotopic (exact) mass is 379 g/mol. The van der Waals surface area contributed by atoms with E-state index in [1.165, 1.54) is 0 Å². The Balaban J connectivity index is 1.57. The fourth-order valence-electron chi connectivity index (χ4n) is 3.45. The highest BCUT2D eigenvalue weighted by atomic mass is 16.5. The summed E-state index contributed by atoms with van der Waals surface area (Å²) in [4.78, 5) is 18.9. The molecule has 1 fully saturated rings. The molecule has 3 aromatic rings. The van der Waals surface area contributed by atoms with Crippen molar-refractivity contribution in [3.05, 3.63) is 53.9 Å². The fourth-order valence-corrected chi connectivity index (χ4v) is 3.45. The minimum Gasteiger partial charge on any atom is -0.493 e. The van der Waals surface area contributed by atoms with Gasteiger partial charge in [0.1, 0.15) is 0 Å². The Morgan fingerprint density at radius 2 is 1.89 bits per heavy atom. The van der Waals surface area contributed by atoms with Gasteiger partial charge in [0.15, 0.2) is 11.5 Å². The van der Waals surface area contributed by atoms with Gasteiger partial charge in [0, 0.05) is 30.3 Å². The zero-order valence-corrected chi connectivity index (χ0v) is 16.0. The molecule has 28 heavy (non-hydrogen) atoms. The van der Waals surface area contributed by atoms with E-state index >= 15 is 0 Å². The number of aromatic nitrogens is 2. The van der Waals surface area contributed by atoms with Gasteiger partial charge in [-0.3, -0.25) is 4.79 Å². The third-order valence-electron chi connectivity index (χ3n) is 4.98. The average molecular weight is 379 g/mol. The highest BCUT2D eigenvalue weighted by Gasteiger charge is 2.35. The van der Waals surface area contributed by atoms with Crippen LogP contribution >= 0.6 is 0 Å². The van der Waals surface area contributed by atoms with E-state index in [-0.39, 0.29) is 11.8 Å². The van der Waals surface area contributed by atoms with Crippen LogP contribution in [0.25, 0.3) is 11.4 Å². The van der Waals surface area contributed by atoms with E-state index in [0.29, 0.717) is 36.2 Å². The van der Waals surface area contributed by atoms with Crippen molar-refractivity contribution in [1.82, 2.24) is 10.1 Å². The predicted molar refractivity (Wildman–Crippen MR) is 104 cm³/mol. The number of benzene rings is 2. The second kappa shape index (κ2) is 7.34. The number of rotatable bonds is 5. The molecule has 0 aliphatic carbocycles. The Bertz CT molecular complexity index is 1010. The van der Waals surface area contributed by atoms with Crippen LogP contribution in [0.3, 0.4) is 0 Å². The summed E-state index contributed by atoms with van der Waals surface area (Å²) in [7, 11) is 3.15. The maximum Gasteiger partial charge on any atom is 0.232 e. The van der Waals surface area contributed by atoms with Crippen LogP contribution in [0.4, 0.5) is 5.69 Å². The van der Waals surface area contributed by atoms with Crippen LogP contribution in [0.2, 0.25) is 0 Å². The van der Waals surface area contributed by atoms with Crippen LogP contribution in [0.5, 0.6) is 11.5 Å². The molecule has 4 rings (SSSR count). The van der Waals surface area contributed by atoms with Gasteiger partial charge >= 0.3 is 0 Å². The van der Waals surface area contributed by atoms with Crippen molar-refractivity contribution in [2.75, 3.05) is 25.7 Å². The lowest BCUT2D eigenvalue weighted by Crippen LogP contribution is -2.24. The first-order valence-corrected chi connectivity index (χ1v) is 9.02. The first-order valence-electron chi connectivity index (χ1n) is 9.02. The van der Waals surface area contributed by atoms with Crippen molar-refractivity contribution in [1.29, 1.82) is 0 Å². The van der Waals surface area contributed by atoms with Gasteiger partial charge in [-0.15, -0.1) is 0 Å². The fraction of sp³-hybridized carbons (Fsp3) is 0.286. The molecule has 1 amide bonds. The minimum atomic E-state index is -0.147. The molecule has 0 spiro atoms. The molecule has 2 aromatic carbocycles. The number of ether oxygens (including phenoxy) is 2. The number of methoxy groups -OCH3 is 2. The molecule has 1 unspecified atom stereocenters. The van der Waals surface area contributed by atoms with Crippen molar-refractivity contribution in [2.45, 2.75) is 19.3 Å². The Kier molecular flexibility index (Phi) is 4.73. The van der Waals surface area contributed by atoms with E-state index < -0.39 is 0 Å². The van der Waals surface area contributed by atoms with Crippen LogP contribution < -0.4 is 14.4 Å². The van der Waals surface area contributed by atoms with E-state index in [9.17, 15) is 4.79 Å². The molecule has 0 radical (unpaired) electrons. The molecule has 144 valence electrons. The van der Waals surface area contributed by atoms with Crippen LogP contribution in [0.15, 0.2) is 47.0 Å². The maximum absolute atomic E-state index is 12.6. The number of hydrogen-bond donors (Lipinski definition) is 0. The SMILES string of the molecule is COc1ccc(N2CC(c3nc(-c4ccccc4C)no3)CC2=O)cc1OC. The summed E-state index contributed by atoms with van der Waals surface area (Å²) in [6.07, 6.45) is 0.323. The lowest BCUT2D eigenvalue weighted by molar-refractivity contribution is -0.117. The van der Waals surface area contributed by atoms with Gasteiger partial charge in [-0.05, 0) is 24.6 Å². The van der Waals surface area contributed by atoms with E-state index in [1.807, 2.05) is 37.3 Å². The molecule has 0 bridgehead atoms. The average Bonchev–Trinajstić information content (AvgIpc) is 3.34. The normalized spacial score (nSPS) is 16.5. The van der Waals surface area contributed by atoms with Gasteiger partial charge < -0.3 is 18.9 Å². The maximum atomic E-state index is 12.6. The lowest BCUT2D eigenvalue weighted by Gasteiger charge is -2.18. The summed E-state index contributed by atoms with van der Waals surface area (Å²) >= 11 is 0. The molecule has 7 nitrogen and oxygen atoms in total. The number of anilines is 1. The summed E-state index contributed by atoms with van der Waals surface area (Å²) in [5.41, 5.74) is 2.76. The number of hydrogen-bond acceptors (Lipinski definition) is 6. The summed E-state index contributed by atoms with van der Waals surface area (Å²) < 4.78 is 16.1. The molecule has 1 aliphatic rings. The second-order valence-electron chi connectivity index (χ2n) is 6.72. The summed E-state index contributed by atoms with van der Waals surface area (Å²) in [5.74, 6) is 2.09. The van der Waals surface area contributed by atoms with Crippen LogP contribution in [-0.2, 0) is 4.79 Å². The van der Waals surface area contributed by atoms with Crippen molar-refractivity contribution < 1.29 is 18.8 Å². The number of amides is 1. The quantitative estimate of drug-likeness (QED) is 0.674. The third-order valence-corrected chi connectivity index (χ3v) is 4.98. The van der Waals surface area contributed by atoms with Crippen molar-refractivity contribution >= 4 is 11.6 Å². The van der Waals surface area contributed by atoms with Crippen LogP contribution in [0.1, 0.15) is 23.8 Å². The van der Waals surface area contributed by atoms with Gasteiger partial charge in [0.2, 0.25) is 17.6 Å². The highest BCUT2D eigenvalue weighted by molar-refractivity contribution is 5.96. The molecule has 7 heteroatoms. The highest BCUT2D eigenvalue weighted by Crippen LogP contribution is 2.36. The lowest BCUT2D eigenvalue weighted by atomic mass is 10.1. The topological polar surface area (TPSA) is 77.7 Å². The summed E-state index contributed by atoms with van der Waals surface area (Å²) in [6, 6.07) is 13.3. The Morgan fingerprint density at radius 3 is 2.64 bits per heavy atom. The molecular formula is C21H21N3O4. The Morgan fingerprint density at radius 1 is 1.11 bits per heavy atom. The summed E-state index contributed by atoms with van der Waals surface area (Å²) in [6.45, 7) is 2.48. The first-order chi connectivity index (χ1) is 13.6. The number of carbonyl (C=O) groups excluding carboxylic acids is 1. The van der Waals surface area contributed by atoms with E-state index in [2.05, 4.69) is 10.1 Å². The van der Waals surface area contributed by atoms with Gasteiger partial charge in [-0.1, -0.05) is 29.4 Å². The predicted octanol–water partition coefficient (Wildman–Crippen LogP) is 3.58. The molecular weight excluding hydrogens is 358 g/mol. The molecule has 2 heterocycles. The minimum absolute atomic E-state index is 0.00728. The largest absolute Gasteiger partial charge is 0.493 e. The number of aryl methyl sites for hydroxylation is 1. The molecule has 1 aromatic heterocycles. The zero-order valence-electron chi connectivity index (χ0n) is 16.0. The summed E-state index contributed by atoms with van der Waals surface area (Å²) in [5, 5.41) is 4.11. The molecule has 1 atom stereocenters. The van der Waals surface area contributed by atoms with Gasteiger partial charge in [-0.25, -0.2) is 0 Å². The van der Waals surface area contributed by atoms with E-state index in [0.717, 1.165) is 16.8 Å². The number of carbonyl (C=O) groups is 1.